The zero-order valence-electron chi connectivity index (χ0n) is 11.1. The number of nitrogens with zero attached hydrogens (tertiary/aromatic N) is 1. The number of rotatable bonds is 4. The molecule has 0 saturated heterocycles. The van der Waals surface area contributed by atoms with E-state index in [0.29, 0.717) is 0 Å². The number of anilines is 1. The molecule has 0 aliphatic rings. The maximum Gasteiger partial charge on any atom is 0.0363 e. The lowest BCUT2D eigenvalue weighted by Crippen LogP contribution is -2.52. The highest BCUT2D eigenvalue weighted by Gasteiger charge is 2.34. The third-order valence-electron chi connectivity index (χ3n) is 3.57. The van der Waals surface area contributed by atoms with Gasteiger partial charge in [-0.2, -0.15) is 0 Å². The summed E-state index contributed by atoms with van der Waals surface area (Å²) in [4.78, 5) is 2.26. The third kappa shape index (κ3) is 2.99. The molecule has 2 heteroatoms. The van der Waals surface area contributed by atoms with Crippen molar-refractivity contribution in [1.82, 2.24) is 0 Å². The smallest absolute Gasteiger partial charge is 0.0363 e. The van der Waals surface area contributed by atoms with E-state index in [1.807, 2.05) is 6.07 Å². The third-order valence-corrected chi connectivity index (χ3v) is 3.57. The highest BCUT2D eigenvalue weighted by Crippen LogP contribution is 2.30. The Morgan fingerprint density at radius 2 is 1.56 bits per heavy atom. The molecule has 1 aromatic carbocycles. The van der Waals surface area contributed by atoms with Gasteiger partial charge in [-0.25, -0.2) is 0 Å². The van der Waals surface area contributed by atoms with Gasteiger partial charge in [0.1, 0.15) is 0 Å². The molecule has 1 rings (SSSR count). The van der Waals surface area contributed by atoms with Gasteiger partial charge >= 0.3 is 0 Å². The van der Waals surface area contributed by atoms with Crippen LogP contribution >= 0.6 is 0 Å². The maximum absolute atomic E-state index is 6.21. The maximum atomic E-state index is 6.21. The second-order valence-electron chi connectivity index (χ2n) is 5.80. The first-order valence-corrected chi connectivity index (χ1v) is 5.79. The Morgan fingerprint density at radius 3 is 2.00 bits per heavy atom. The molecule has 90 valence electrons. The largest absolute Gasteiger partial charge is 0.374 e. The lowest BCUT2D eigenvalue weighted by Gasteiger charge is -2.41. The Hall–Kier alpha value is -1.02. The molecule has 0 spiro atoms. The lowest BCUT2D eigenvalue weighted by molar-refractivity contribution is 0.210. The predicted octanol–water partition coefficient (Wildman–Crippen LogP) is 2.89. The van der Waals surface area contributed by atoms with Crippen molar-refractivity contribution in [3.63, 3.8) is 0 Å². The average molecular weight is 220 g/mol. The molecular weight excluding hydrogens is 196 g/mol. The van der Waals surface area contributed by atoms with E-state index in [9.17, 15) is 0 Å². The predicted molar refractivity (Wildman–Crippen MR) is 71.8 cm³/mol. The number of benzene rings is 1. The van der Waals surface area contributed by atoms with Crippen molar-refractivity contribution in [1.29, 1.82) is 0 Å². The Balaban J connectivity index is 2.76. The molecule has 1 aromatic rings. The molecule has 0 saturated carbocycles. The van der Waals surface area contributed by atoms with Crippen LogP contribution in [-0.4, -0.2) is 19.1 Å². The van der Waals surface area contributed by atoms with E-state index < -0.39 is 0 Å². The highest BCUT2D eigenvalue weighted by molar-refractivity contribution is 5.45. The van der Waals surface area contributed by atoms with Crippen LogP contribution in [0, 0.1) is 5.41 Å². The first kappa shape index (κ1) is 13.0. The second kappa shape index (κ2) is 4.46. The molecular formula is C14H24N2. The van der Waals surface area contributed by atoms with E-state index in [4.69, 9.17) is 5.73 Å². The van der Waals surface area contributed by atoms with Crippen LogP contribution in [0.4, 0.5) is 5.69 Å². The summed E-state index contributed by atoms with van der Waals surface area (Å²) in [6, 6.07) is 10.4. The normalized spacial score (nSPS) is 12.6. The first-order valence-electron chi connectivity index (χ1n) is 5.79. The summed E-state index contributed by atoms with van der Waals surface area (Å²) in [5, 5.41) is 0. The summed E-state index contributed by atoms with van der Waals surface area (Å²) in [6.07, 6.45) is 0. The number of hydrogen-bond acceptors (Lipinski definition) is 2. The van der Waals surface area contributed by atoms with Gasteiger partial charge in [0.15, 0.2) is 0 Å². The van der Waals surface area contributed by atoms with Crippen molar-refractivity contribution in [2.75, 3.05) is 18.5 Å². The fourth-order valence-electron chi connectivity index (χ4n) is 1.57. The van der Waals surface area contributed by atoms with Crippen LogP contribution in [-0.2, 0) is 0 Å². The van der Waals surface area contributed by atoms with Crippen LogP contribution in [0.5, 0.6) is 0 Å². The van der Waals surface area contributed by atoms with Crippen molar-refractivity contribution in [3.05, 3.63) is 30.3 Å². The Bertz CT molecular complexity index is 322. The fraction of sp³-hybridized carbons (Fsp3) is 0.571. The van der Waals surface area contributed by atoms with Gasteiger partial charge in [0.05, 0.1) is 0 Å². The van der Waals surface area contributed by atoms with Crippen molar-refractivity contribution >= 4 is 5.69 Å². The average Bonchev–Trinajstić information content (AvgIpc) is 2.16. The summed E-state index contributed by atoms with van der Waals surface area (Å²) >= 11 is 0. The second-order valence-corrected chi connectivity index (χ2v) is 5.80. The van der Waals surface area contributed by atoms with Crippen molar-refractivity contribution in [3.8, 4) is 0 Å². The minimum atomic E-state index is -0.184. The topological polar surface area (TPSA) is 29.3 Å². The van der Waals surface area contributed by atoms with Crippen LogP contribution in [0.3, 0.4) is 0 Å². The molecule has 0 aromatic heterocycles. The summed E-state index contributed by atoms with van der Waals surface area (Å²) < 4.78 is 0. The summed E-state index contributed by atoms with van der Waals surface area (Å²) in [5.74, 6) is 0. The standard InChI is InChI=1S/C14H24N2/c1-13(2,14(3,4)15)11-16(5)12-9-7-6-8-10-12/h6-10H,11,15H2,1-5H3. The van der Waals surface area contributed by atoms with Gasteiger partial charge in [0, 0.05) is 24.8 Å². The minimum Gasteiger partial charge on any atom is -0.374 e. The molecule has 0 atom stereocenters. The van der Waals surface area contributed by atoms with Gasteiger partial charge < -0.3 is 10.6 Å². The van der Waals surface area contributed by atoms with Gasteiger partial charge in [-0.1, -0.05) is 32.0 Å². The molecule has 2 N–H and O–H groups in total. The molecule has 0 unspecified atom stereocenters. The van der Waals surface area contributed by atoms with Crippen LogP contribution in [0.15, 0.2) is 30.3 Å². The number of nitrogens with two attached hydrogens (primary N) is 1. The minimum absolute atomic E-state index is 0.0671. The molecule has 0 aliphatic heterocycles. The quantitative estimate of drug-likeness (QED) is 0.845. The van der Waals surface area contributed by atoms with E-state index >= 15 is 0 Å². The highest BCUT2D eigenvalue weighted by atomic mass is 15.1. The van der Waals surface area contributed by atoms with Crippen LogP contribution in [0.2, 0.25) is 0 Å². The molecule has 0 amide bonds. The lowest BCUT2D eigenvalue weighted by atomic mass is 9.75. The zero-order chi connectivity index (χ0) is 12.4. The SMILES string of the molecule is CN(CC(C)(C)C(C)(C)N)c1ccccc1. The van der Waals surface area contributed by atoms with Gasteiger partial charge in [0.2, 0.25) is 0 Å². The Kier molecular flexibility index (Phi) is 3.64. The number of hydrogen-bond donors (Lipinski definition) is 1. The Morgan fingerprint density at radius 1 is 1.06 bits per heavy atom. The monoisotopic (exact) mass is 220 g/mol. The van der Waals surface area contributed by atoms with Gasteiger partial charge in [-0.3, -0.25) is 0 Å². The summed E-state index contributed by atoms with van der Waals surface area (Å²) in [7, 11) is 2.11. The molecule has 0 bridgehead atoms. The molecule has 0 fully saturated rings. The van der Waals surface area contributed by atoms with Gasteiger partial charge in [-0.15, -0.1) is 0 Å². The molecule has 0 aliphatic carbocycles. The molecule has 2 nitrogen and oxygen atoms in total. The van der Waals surface area contributed by atoms with Crippen LogP contribution in [0.1, 0.15) is 27.7 Å². The first-order chi connectivity index (χ1) is 7.24. The van der Waals surface area contributed by atoms with Crippen molar-refractivity contribution < 1.29 is 0 Å². The summed E-state index contributed by atoms with van der Waals surface area (Å²) in [5.41, 5.74) is 7.33. The van der Waals surface area contributed by atoms with E-state index in [0.717, 1.165) is 6.54 Å². The van der Waals surface area contributed by atoms with E-state index in [1.165, 1.54) is 5.69 Å². The molecule has 0 radical (unpaired) electrons. The van der Waals surface area contributed by atoms with E-state index in [-0.39, 0.29) is 11.0 Å². The van der Waals surface area contributed by atoms with E-state index in [1.54, 1.807) is 0 Å². The molecule has 16 heavy (non-hydrogen) atoms. The van der Waals surface area contributed by atoms with Crippen molar-refractivity contribution in [2.45, 2.75) is 33.2 Å². The van der Waals surface area contributed by atoms with Gasteiger partial charge in [0.25, 0.3) is 0 Å². The fourth-order valence-corrected chi connectivity index (χ4v) is 1.57. The zero-order valence-corrected chi connectivity index (χ0v) is 11.1. The number of para-hydroxylation sites is 1. The van der Waals surface area contributed by atoms with Crippen LogP contribution < -0.4 is 10.6 Å². The van der Waals surface area contributed by atoms with Crippen LogP contribution in [0.25, 0.3) is 0 Å². The Labute approximate surface area is 99.5 Å². The van der Waals surface area contributed by atoms with Crippen molar-refractivity contribution in [2.24, 2.45) is 11.1 Å². The molecule has 0 heterocycles. The van der Waals surface area contributed by atoms with Gasteiger partial charge in [-0.05, 0) is 31.4 Å². The summed E-state index contributed by atoms with van der Waals surface area (Å²) in [6.45, 7) is 9.55. The van der Waals surface area contributed by atoms with E-state index in [2.05, 4.69) is 63.9 Å².